The molecule has 0 saturated heterocycles. The molecule has 1 aromatic carbocycles. The van der Waals surface area contributed by atoms with E-state index in [4.69, 9.17) is 4.74 Å². The Bertz CT molecular complexity index is 614. The lowest BCUT2D eigenvalue weighted by Crippen LogP contribution is -2.26. The molecule has 0 atom stereocenters. The number of carbonyl (C=O) groups is 1. The summed E-state index contributed by atoms with van der Waals surface area (Å²) in [4.78, 5) is 15.3. The van der Waals surface area contributed by atoms with Gasteiger partial charge in [0.05, 0.1) is 11.7 Å². The molecule has 2 aromatic rings. The van der Waals surface area contributed by atoms with Gasteiger partial charge in [-0.2, -0.15) is 0 Å². The second-order valence-corrected chi connectivity index (χ2v) is 5.99. The molecule has 0 aliphatic heterocycles. The van der Waals surface area contributed by atoms with E-state index in [2.05, 4.69) is 10.3 Å². The number of rotatable bonds is 6. The monoisotopic (exact) mass is 300 g/mol. The standard InChI is InChI=1S/C18H24N2O2/c21-18(16-13-20-17-10-5-4-9-15(16)17)19-11-6-12-22-14-7-2-1-3-8-14/h4-5,9-10,13-14,20H,1-3,6-8,11-12H2,(H,19,21). The summed E-state index contributed by atoms with van der Waals surface area (Å²) >= 11 is 0. The van der Waals surface area contributed by atoms with Crippen LogP contribution in [-0.4, -0.2) is 30.1 Å². The molecular weight excluding hydrogens is 276 g/mol. The van der Waals surface area contributed by atoms with Crippen molar-refractivity contribution in [2.45, 2.75) is 44.6 Å². The van der Waals surface area contributed by atoms with Crippen molar-refractivity contribution in [3.05, 3.63) is 36.0 Å². The topological polar surface area (TPSA) is 54.1 Å². The largest absolute Gasteiger partial charge is 0.378 e. The number of aromatic nitrogens is 1. The molecule has 3 rings (SSSR count). The lowest BCUT2D eigenvalue weighted by Gasteiger charge is -2.21. The summed E-state index contributed by atoms with van der Waals surface area (Å²) in [6, 6.07) is 7.85. The molecule has 0 bridgehead atoms. The maximum atomic E-state index is 12.2. The minimum Gasteiger partial charge on any atom is -0.378 e. The van der Waals surface area contributed by atoms with Crippen molar-refractivity contribution in [2.75, 3.05) is 13.2 Å². The number of hydrogen-bond donors (Lipinski definition) is 2. The first kappa shape index (κ1) is 15.1. The van der Waals surface area contributed by atoms with Crippen LogP contribution >= 0.6 is 0 Å². The van der Waals surface area contributed by atoms with E-state index in [9.17, 15) is 4.79 Å². The van der Waals surface area contributed by atoms with Crippen molar-refractivity contribution < 1.29 is 9.53 Å². The highest BCUT2D eigenvalue weighted by atomic mass is 16.5. The molecule has 1 aromatic heterocycles. The van der Waals surface area contributed by atoms with E-state index in [0.717, 1.165) is 23.9 Å². The molecule has 0 radical (unpaired) electrons. The van der Waals surface area contributed by atoms with Crippen LogP contribution < -0.4 is 5.32 Å². The molecule has 1 aliphatic rings. The van der Waals surface area contributed by atoms with Crippen LogP contribution in [0.1, 0.15) is 48.9 Å². The fourth-order valence-corrected chi connectivity index (χ4v) is 3.11. The fraction of sp³-hybridized carbons (Fsp3) is 0.500. The van der Waals surface area contributed by atoms with Crippen LogP contribution in [0.3, 0.4) is 0 Å². The highest BCUT2D eigenvalue weighted by molar-refractivity contribution is 6.06. The molecule has 22 heavy (non-hydrogen) atoms. The first-order valence-electron chi connectivity index (χ1n) is 8.30. The Kier molecular flexibility index (Phi) is 5.11. The van der Waals surface area contributed by atoms with E-state index in [1.54, 1.807) is 6.20 Å². The van der Waals surface area contributed by atoms with Gasteiger partial charge < -0.3 is 15.0 Å². The predicted octanol–water partition coefficient (Wildman–Crippen LogP) is 3.64. The third kappa shape index (κ3) is 3.69. The van der Waals surface area contributed by atoms with Gasteiger partial charge in [0.1, 0.15) is 0 Å². The number of hydrogen-bond acceptors (Lipinski definition) is 2. The van der Waals surface area contributed by atoms with Gasteiger partial charge in [-0.3, -0.25) is 4.79 Å². The van der Waals surface area contributed by atoms with Crippen molar-refractivity contribution in [1.82, 2.24) is 10.3 Å². The van der Waals surface area contributed by atoms with Crippen molar-refractivity contribution in [3.63, 3.8) is 0 Å². The van der Waals surface area contributed by atoms with Gasteiger partial charge in [-0.1, -0.05) is 37.5 Å². The SMILES string of the molecule is O=C(NCCCOC1CCCCC1)c1c[nH]c2ccccc12. The Morgan fingerprint density at radius 1 is 1.23 bits per heavy atom. The predicted molar refractivity (Wildman–Crippen MR) is 88.1 cm³/mol. The molecule has 4 heteroatoms. The summed E-state index contributed by atoms with van der Waals surface area (Å²) in [5.74, 6) is -0.0184. The van der Waals surface area contributed by atoms with Crippen LogP contribution in [0.15, 0.2) is 30.5 Å². The Labute approximate surface area is 131 Å². The first-order chi connectivity index (χ1) is 10.8. The van der Waals surface area contributed by atoms with Gasteiger partial charge in [-0.25, -0.2) is 0 Å². The third-order valence-electron chi connectivity index (χ3n) is 4.35. The number of carbonyl (C=O) groups excluding carboxylic acids is 1. The normalized spacial score (nSPS) is 16.0. The highest BCUT2D eigenvalue weighted by Crippen LogP contribution is 2.20. The Balaban J connectivity index is 1.41. The summed E-state index contributed by atoms with van der Waals surface area (Å²) in [6.07, 6.45) is 9.41. The lowest BCUT2D eigenvalue weighted by atomic mass is 9.98. The zero-order chi connectivity index (χ0) is 15.2. The van der Waals surface area contributed by atoms with Crippen molar-refractivity contribution in [1.29, 1.82) is 0 Å². The van der Waals surface area contributed by atoms with E-state index in [1.807, 2.05) is 24.3 Å². The molecule has 118 valence electrons. The van der Waals surface area contributed by atoms with Gasteiger partial charge >= 0.3 is 0 Å². The zero-order valence-corrected chi connectivity index (χ0v) is 12.9. The minimum absolute atomic E-state index is 0.0184. The van der Waals surface area contributed by atoms with Crippen molar-refractivity contribution in [2.24, 2.45) is 0 Å². The van der Waals surface area contributed by atoms with Gasteiger partial charge in [0.15, 0.2) is 0 Å². The second kappa shape index (κ2) is 7.45. The number of nitrogens with one attached hydrogen (secondary N) is 2. The number of fused-ring (bicyclic) bond motifs is 1. The molecule has 1 aliphatic carbocycles. The average molecular weight is 300 g/mol. The van der Waals surface area contributed by atoms with E-state index in [0.29, 0.717) is 18.2 Å². The van der Waals surface area contributed by atoms with Crippen LogP contribution in [0.5, 0.6) is 0 Å². The molecule has 1 fully saturated rings. The molecular formula is C18H24N2O2. The molecule has 0 unspecified atom stereocenters. The molecule has 4 nitrogen and oxygen atoms in total. The fourth-order valence-electron chi connectivity index (χ4n) is 3.11. The Hall–Kier alpha value is -1.81. The average Bonchev–Trinajstić information content (AvgIpc) is 2.99. The minimum atomic E-state index is -0.0184. The van der Waals surface area contributed by atoms with Crippen LogP contribution in [0.25, 0.3) is 10.9 Å². The van der Waals surface area contributed by atoms with E-state index in [1.165, 1.54) is 32.1 Å². The van der Waals surface area contributed by atoms with Gasteiger partial charge in [-0.05, 0) is 25.3 Å². The lowest BCUT2D eigenvalue weighted by molar-refractivity contribution is 0.0273. The van der Waals surface area contributed by atoms with Gasteiger partial charge in [0.25, 0.3) is 5.91 Å². The van der Waals surface area contributed by atoms with Gasteiger partial charge in [0, 0.05) is 30.3 Å². The Morgan fingerprint density at radius 2 is 2.05 bits per heavy atom. The Morgan fingerprint density at radius 3 is 2.91 bits per heavy atom. The smallest absolute Gasteiger partial charge is 0.253 e. The second-order valence-electron chi connectivity index (χ2n) is 5.99. The number of aromatic amines is 1. The van der Waals surface area contributed by atoms with Crippen LogP contribution in [0, 0.1) is 0 Å². The molecule has 1 amide bonds. The van der Waals surface area contributed by atoms with Crippen LogP contribution in [0.4, 0.5) is 0 Å². The van der Waals surface area contributed by atoms with E-state index < -0.39 is 0 Å². The number of ether oxygens (including phenoxy) is 1. The summed E-state index contributed by atoms with van der Waals surface area (Å²) in [6.45, 7) is 1.39. The van der Waals surface area contributed by atoms with E-state index in [-0.39, 0.29) is 5.91 Å². The highest BCUT2D eigenvalue weighted by Gasteiger charge is 2.13. The summed E-state index contributed by atoms with van der Waals surface area (Å²) in [5.41, 5.74) is 1.71. The molecule has 1 heterocycles. The summed E-state index contributed by atoms with van der Waals surface area (Å²) < 4.78 is 5.87. The van der Waals surface area contributed by atoms with E-state index >= 15 is 0 Å². The van der Waals surface area contributed by atoms with Crippen LogP contribution in [-0.2, 0) is 4.74 Å². The maximum Gasteiger partial charge on any atom is 0.253 e. The zero-order valence-electron chi connectivity index (χ0n) is 12.9. The number of benzene rings is 1. The van der Waals surface area contributed by atoms with Crippen molar-refractivity contribution in [3.8, 4) is 0 Å². The third-order valence-corrected chi connectivity index (χ3v) is 4.35. The number of H-pyrrole nitrogens is 1. The molecule has 1 saturated carbocycles. The maximum absolute atomic E-state index is 12.2. The quantitative estimate of drug-likeness (QED) is 0.800. The first-order valence-corrected chi connectivity index (χ1v) is 8.30. The van der Waals surface area contributed by atoms with Gasteiger partial charge in [-0.15, -0.1) is 0 Å². The molecule has 2 N–H and O–H groups in total. The van der Waals surface area contributed by atoms with Crippen molar-refractivity contribution >= 4 is 16.8 Å². The van der Waals surface area contributed by atoms with Gasteiger partial charge in [0.2, 0.25) is 0 Å². The summed E-state index contributed by atoms with van der Waals surface area (Å²) in [5, 5.41) is 3.95. The molecule has 0 spiro atoms. The number of amides is 1. The summed E-state index contributed by atoms with van der Waals surface area (Å²) in [7, 11) is 0. The van der Waals surface area contributed by atoms with Crippen LogP contribution in [0.2, 0.25) is 0 Å². The number of para-hydroxylation sites is 1.